The van der Waals surface area contributed by atoms with Gasteiger partial charge in [-0.3, -0.25) is 0 Å². The van der Waals surface area contributed by atoms with E-state index >= 15 is 0 Å². The second-order valence-electron chi connectivity index (χ2n) is 8.55. The average Bonchev–Trinajstić information content (AvgIpc) is 2.70. The monoisotopic (exact) mass is 473 g/mol. The largest absolute Gasteiger partial charge is 0.447 e. The highest BCUT2D eigenvalue weighted by Gasteiger charge is 2.35. The predicted octanol–water partition coefficient (Wildman–Crippen LogP) is 3.01. The van der Waals surface area contributed by atoms with Crippen molar-refractivity contribution >= 4 is 22.0 Å². The van der Waals surface area contributed by atoms with Crippen LogP contribution in [0, 0.1) is 11.6 Å². The number of halogens is 2. The number of sulfone groups is 1. The summed E-state index contributed by atoms with van der Waals surface area (Å²) in [5, 5.41) is 0. The van der Waals surface area contributed by atoms with E-state index in [1.165, 1.54) is 4.90 Å². The first-order valence-corrected chi connectivity index (χ1v) is 12.6. The van der Waals surface area contributed by atoms with Crippen LogP contribution in [0.5, 0.6) is 0 Å². The van der Waals surface area contributed by atoms with E-state index < -0.39 is 26.4 Å². The van der Waals surface area contributed by atoms with Crippen LogP contribution in [-0.4, -0.2) is 79.8 Å². The number of likely N-dealkylation sites (tertiary alicyclic amines) is 1. The van der Waals surface area contributed by atoms with Crippen molar-refractivity contribution < 1.29 is 31.5 Å². The molecule has 1 aromatic carbocycles. The van der Waals surface area contributed by atoms with E-state index in [1.807, 2.05) is 0 Å². The van der Waals surface area contributed by atoms with Crippen LogP contribution >= 0.6 is 0 Å². The zero-order valence-electron chi connectivity index (χ0n) is 18.5. The summed E-state index contributed by atoms with van der Waals surface area (Å²) in [5.41, 5.74) is -0.0728. The van der Waals surface area contributed by atoms with Crippen molar-refractivity contribution in [3.63, 3.8) is 0 Å². The molecule has 2 saturated heterocycles. The molecule has 2 heterocycles. The second-order valence-corrected chi connectivity index (χ2v) is 10.5. The van der Waals surface area contributed by atoms with Crippen LogP contribution < -0.4 is 0 Å². The first-order chi connectivity index (χ1) is 15.0. The lowest BCUT2D eigenvalue weighted by Crippen LogP contribution is -2.56. The molecule has 8 nitrogen and oxygen atoms in total. The smallest absolute Gasteiger partial charge is 0.410 e. The van der Waals surface area contributed by atoms with E-state index in [2.05, 4.69) is 0 Å². The molecule has 0 unspecified atom stereocenters. The van der Waals surface area contributed by atoms with Crippen LogP contribution in [0.1, 0.15) is 38.7 Å². The second kappa shape index (κ2) is 9.60. The molecule has 178 valence electrons. The molecule has 2 aliphatic rings. The Morgan fingerprint density at radius 1 is 1.12 bits per heavy atom. The number of carbonyl (C=O) groups is 2. The Bertz CT molecular complexity index is 978. The summed E-state index contributed by atoms with van der Waals surface area (Å²) in [7, 11) is -3.90. The maximum atomic E-state index is 14.5. The third-order valence-electron chi connectivity index (χ3n) is 5.70. The summed E-state index contributed by atoms with van der Waals surface area (Å²) in [6, 6.07) is 1.18. The molecule has 0 atom stereocenters. The number of benzene rings is 1. The van der Waals surface area contributed by atoms with Gasteiger partial charge in [-0.2, -0.15) is 0 Å². The SMILES string of the molecule is CC(C)OC(=O)N1CCC(N2CCCN(Cc3cc(F)c(S(C)(=O)=O)cc3F)C2=O)CC1. The number of nitrogens with zero attached hydrogens (tertiary/aromatic N) is 3. The van der Waals surface area contributed by atoms with Crippen LogP contribution in [0.3, 0.4) is 0 Å². The molecule has 0 saturated carbocycles. The average molecular weight is 474 g/mol. The number of hydrogen-bond donors (Lipinski definition) is 0. The topological polar surface area (TPSA) is 87.2 Å². The summed E-state index contributed by atoms with van der Waals surface area (Å²) >= 11 is 0. The van der Waals surface area contributed by atoms with Crippen LogP contribution in [0.15, 0.2) is 17.0 Å². The fraction of sp³-hybridized carbons (Fsp3) is 0.619. The molecule has 0 aromatic heterocycles. The minimum Gasteiger partial charge on any atom is -0.447 e. The van der Waals surface area contributed by atoms with Gasteiger partial charge in [0.25, 0.3) is 0 Å². The van der Waals surface area contributed by atoms with Gasteiger partial charge < -0.3 is 19.4 Å². The molecule has 3 amide bonds. The lowest BCUT2D eigenvalue weighted by molar-refractivity contribution is 0.0506. The number of ether oxygens (including phenoxy) is 1. The van der Waals surface area contributed by atoms with Crippen LogP contribution in [0.2, 0.25) is 0 Å². The standard InChI is InChI=1S/C21H29F2N3O5S/c1-14(2)31-21(28)24-9-5-16(6-10-24)26-8-4-7-25(20(26)27)13-15-11-18(23)19(12-17(15)22)32(3,29)30/h11-12,14,16H,4-10,13H2,1-3H3. The number of urea groups is 1. The highest BCUT2D eigenvalue weighted by Crippen LogP contribution is 2.25. The number of carbonyl (C=O) groups excluding carboxylic acids is 2. The quantitative estimate of drug-likeness (QED) is 0.656. The Morgan fingerprint density at radius 3 is 2.38 bits per heavy atom. The predicted molar refractivity (Wildman–Crippen MR) is 113 cm³/mol. The first-order valence-electron chi connectivity index (χ1n) is 10.7. The van der Waals surface area contributed by atoms with Gasteiger partial charge in [0.2, 0.25) is 0 Å². The van der Waals surface area contributed by atoms with Crippen LogP contribution in [0.25, 0.3) is 0 Å². The lowest BCUT2D eigenvalue weighted by Gasteiger charge is -2.43. The molecule has 11 heteroatoms. The maximum Gasteiger partial charge on any atom is 0.410 e. The van der Waals surface area contributed by atoms with Gasteiger partial charge in [-0.15, -0.1) is 0 Å². The van der Waals surface area contributed by atoms with Crippen molar-refractivity contribution in [2.45, 2.75) is 56.7 Å². The number of piperidine rings is 1. The first kappa shape index (κ1) is 24.2. The highest BCUT2D eigenvalue weighted by molar-refractivity contribution is 7.90. The summed E-state index contributed by atoms with van der Waals surface area (Å²) < 4.78 is 57.1. The third kappa shape index (κ3) is 5.48. The number of amides is 3. The summed E-state index contributed by atoms with van der Waals surface area (Å²) in [6.45, 7) is 5.33. The molecular weight excluding hydrogens is 444 g/mol. The normalized spacial score (nSPS) is 18.4. The molecule has 2 aliphatic heterocycles. The molecule has 3 rings (SSSR count). The van der Waals surface area contributed by atoms with Crippen LogP contribution in [0.4, 0.5) is 18.4 Å². The lowest BCUT2D eigenvalue weighted by atomic mass is 10.0. The zero-order chi connectivity index (χ0) is 23.6. The van der Waals surface area contributed by atoms with Crippen molar-refractivity contribution in [3.8, 4) is 0 Å². The van der Waals surface area contributed by atoms with Crippen molar-refractivity contribution in [1.82, 2.24) is 14.7 Å². The Balaban J connectivity index is 1.65. The molecular formula is C21H29F2N3O5S. The molecule has 2 fully saturated rings. The van der Waals surface area contributed by atoms with Gasteiger partial charge in [0, 0.05) is 44.0 Å². The minimum absolute atomic E-state index is 0.0532. The molecule has 1 aromatic rings. The Kier molecular flexibility index (Phi) is 7.26. The molecule has 0 radical (unpaired) electrons. The van der Waals surface area contributed by atoms with E-state index in [0.717, 1.165) is 12.3 Å². The Hall–Kier alpha value is -2.43. The van der Waals surface area contributed by atoms with Gasteiger partial charge in [-0.05, 0) is 45.2 Å². The van der Waals surface area contributed by atoms with Crippen molar-refractivity contribution in [1.29, 1.82) is 0 Å². The van der Waals surface area contributed by atoms with Crippen molar-refractivity contribution in [2.24, 2.45) is 0 Å². The van der Waals surface area contributed by atoms with Gasteiger partial charge in [-0.1, -0.05) is 0 Å². The zero-order valence-corrected chi connectivity index (χ0v) is 19.3. The number of hydrogen-bond acceptors (Lipinski definition) is 5. The minimum atomic E-state index is -3.90. The molecule has 0 bridgehead atoms. The number of rotatable bonds is 5. The molecule has 0 aliphatic carbocycles. The maximum absolute atomic E-state index is 14.5. The Morgan fingerprint density at radius 2 is 1.78 bits per heavy atom. The van der Waals surface area contributed by atoms with E-state index in [1.54, 1.807) is 23.6 Å². The third-order valence-corrected chi connectivity index (χ3v) is 6.82. The van der Waals surface area contributed by atoms with E-state index in [9.17, 15) is 26.8 Å². The Labute approximate surface area is 187 Å². The van der Waals surface area contributed by atoms with Crippen molar-refractivity contribution in [2.75, 3.05) is 32.4 Å². The molecule has 0 N–H and O–H groups in total. The molecule has 32 heavy (non-hydrogen) atoms. The van der Waals surface area contributed by atoms with E-state index in [0.29, 0.717) is 51.5 Å². The van der Waals surface area contributed by atoms with E-state index in [4.69, 9.17) is 4.74 Å². The van der Waals surface area contributed by atoms with Gasteiger partial charge in [0.1, 0.15) is 16.5 Å². The fourth-order valence-electron chi connectivity index (χ4n) is 4.11. The van der Waals surface area contributed by atoms with Crippen molar-refractivity contribution in [3.05, 3.63) is 29.3 Å². The van der Waals surface area contributed by atoms with E-state index in [-0.39, 0.29) is 36.4 Å². The van der Waals surface area contributed by atoms with Crippen LogP contribution in [-0.2, 0) is 21.1 Å². The van der Waals surface area contributed by atoms with Gasteiger partial charge in [0.15, 0.2) is 9.84 Å². The fourth-order valence-corrected chi connectivity index (χ4v) is 4.84. The van der Waals surface area contributed by atoms with Gasteiger partial charge in [0.05, 0.1) is 12.6 Å². The summed E-state index contributed by atoms with van der Waals surface area (Å²) in [5.74, 6) is -1.90. The summed E-state index contributed by atoms with van der Waals surface area (Å²) in [6.07, 6.45) is 2.14. The molecule has 0 spiro atoms. The highest BCUT2D eigenvalue weighted by atomic mass is 32.2. The van der Waals surface area contributed by atoms with Gasteiger partial charge >= 0.3 is 12.1 Å². The summed E-state index contributed by atoms with van der Waals surface area (Å²) in [4.78, 5) is 29.2. The van der Waals surface area contributed by atoms with Gasteiger partial charge in [-0.25, -0.2) is 26.8 Å².